The third kappa shape index (κ3) is 4.49. The number of unbranched alkanes of at least 4 members (excludes halogenated alkanes) is 2. The van der Waals surface area contributed by atoms with E-state index in [0.717, 1.165) is 30.6 Å². The molecule has 20 heavy (non-hydrogen) atoms. The summed E-state index contributed by atoms with van der Waals surface area (Å²) in [4.78, 5) is 11.2. The molecule has 2 aliphatic carbocycles. The van der Waals surface area contributed by atoms with Crippen LogP contribution in [0.5, 0.6) is 0 Å². The minimum Gasteiger partial charge on any atom is -0.369 e. The second-order valence-electron chi connectivity index (χ2n) is 7.29. The lowest BCUT2D eigenvalue weighted by molar-refractivity contribution is -0.123. The molecule has 2 fully saturated rings. The molecule has 0 spiro atoms. The van der Waals surface area contributed by atoms with Crippen LogP contribution in [0.1, 0.15) is 84.0 Å². The van der Waals surface area contributed by atoms with Crippen LogP contribution in [0.15, 0.2) is 0 Å². The summed E-state index contributed by atoms with van der Waals surface area (Å²) in [6.07, 6.45) is 16.1. The fraction of sp³-hybridized carbons (Fsp3) is 0.944. The lowest BCUT2D eigenvalue weighted by Gasteiger charge is -2.37. The third-order valence-electron chi connectivity index (χ3n) is 5.95. The first-order valence-electron chi connectivity index (χ1n) is 9.00. The highest BCUT2D eigenvalue weighted by Gasteiger charge is 2.31. The summed E-state index contributed by atoms with van der Waals surface area (Å²) in [6.45, 7) is 2.29. The molecule has 2 N–H and O–H groups in total. The molecular weight excluding hydrogens is 246 g/mol. The Morgan fingerprint density at radius 2 is 1.45 bits per heavy atom. The van der Waals surface area contributed by atoms with Crippen LogP contribution in [-0.2, 0) is 4.79 Å². The summed E-state index contributed by atoms with van der Waals surface area (Å²) in [6, 6.07) is 0. The van der Waals surface area contributed by atoms with E-state index < -0.39 is 0 Å². The largest absolute Gasteiger partial charge is 0.369 e. The Kier molecular flexibility index (Phi) is 6.38. The van der Waals surface area contributed by atoms with Gasteiger partial charge in [-0.3, -0.25) is 4.79 Å². The fourth-order valence-corrected chi connectivity index (χ4v) is 4.51. The Morgan fingerprint density at radius 1 is 0.900 bits per heavy atom. The van der Waals surface area contributed by atoms with Crippen molar-refractivity contribution in [1.29, 1.82) is 0 Å². The highest BCUT2D eigenvalue weighted by atomic mass is 16.1. The van der Waals surface area contributed by atoms with E-state index in [4.69, 9.17) is 5.73 Å². The maximum Gasteiger partial charge on any atom is 0.220 e. The topological polar surface area (TPSA) is 43.1 Å². The molecule has 0 saturated heterocycles. The summed E-state index contributed by atoms with van der Waals surface area (Å²) in [5, 5.41) is 0. The van der Waals surface area contributed by atoms with E-state index in [9.17, 15) is 4.79 Å². The molecule has 2 aliphatic rings. The first kappa shape index (κ1) is 15.9. The molecule has 0 aliphatic heterocycles. The van der Waals surface area contributed by atoms with Crippen molar-refractivity contribution in [3.8, 4) is 0 Å². The molecule has 0 aromatic heterocycles. The molecule has 2 heteroatoms. The van der Waals surface area contributed by atoms with Gasteiger partial charge in [-0.25, -0.2) is 0 Å². The molecule has 0 radical (unpaired) electrons. The van der Waals surface area contributed by atoms with Crippen molar-refractivity contribution in [1.82, 2.24) is 0 Å². The van der Waals surface area contributed by atoms with Crippen molar-refractivity contribution in [2.45, 2.75) is 84.0 Å². The van der Waals surface area contributed by atoms with Crippen LogP contribution in [0.25, 0.3) is 0 Å². The summed E-state index contributed by atoms with van der Waals surface area (Å²) in [5.74, 6) is 2.97. The molecule has 116 valence electrons. The average Bonchev–Trinajstić information content (AvgIpc) is 2.48. The lowest BCUT2D eigenvalue weighted by atomic mass is 9.68. The molecule has 2 nitrogen and oxygen atoms in total. The van der Waals surface area contributed by atoms with Gasteiger partial charge in [-0.1, -0.05) is 45.4 Å². The van der Waals surface area contributed by atoms with Gasteiger partial charge in [0.05, 0.1) is 0 Å². The molecule has 1 amide bonds. The first-order chi connectivity index (χ1) is 9.70. The van der Waals surface area contributed by atoms with E-state index >= 15 is 0 Å². The number of carbonyl (C=O) groups excluding carboxylic acids is 1. The van der Waals surface area contributed by atoms with Gasteiger partial charge in [-0.2, -0.15) is 0 Å². The molecule has 0 aromatic carbocycles. The summed E-state index contributed by atoms with van der Waals surface area (Å²) >= 11 is 0. The van der Waals surface area contributed by atoms with E-state index in [1.165, 1.54) is 64.2 Å². The number of hydrogen-bond acceptors (Lipinski definition) is 1. The molecule has 0 atom stereocenters. The van der Waals surface area contributed by atoms with Gasteiger partial charge in [0.2, 0.25) is 5.91 Å². The van der Waals surface area contributed by atoms with Crippen molar-refractivity contribution in [3.63, 3.8) is 0 Å². The zero-order valence-corrected chi connectivity index (χ0v) is 13.3. The Balaban J connectivity index is 1.65. The predicted octanol–water partition coefficient (Wildman–Crippen LogP) is 4.66. The third-order valence-corrected chi connectivity index (χ3v) is 5.95. The molecule has 0 heterocycles. The lowest BCUT2D eigenvalue weighted by Crippen LogP contribution is -2.31. The second-order valence-corrected chi connectivity index (χ2v) is 7.29. The number of hydrogen-bond donors (Lipinski definition) is 1. The highest BCUT2D eigenvalue weighted by molar-refractivity contribution is 5.76. The van der Waals surface area contributed by atoms with Crippen LogP contribution >= 0.6 is 0 Å². The Morgan fingerprint density at radius 3 is 1.95 bits per heavy atom. The standard InChI is InChI=1S/C18H33NO/c1-2-3-4-5-14-6-8-15(9-7-14)16-10-12-17(13-11-16)18(19)20/h14-17H,2-13H2,1H3,(H2,19,20). The number of primary amides is 1. The summed E-state index contributed by atoms with van der Waals surface area (Å²) in [5.41, 5.74) is 5.43. The summed E-state index contributed by atoms with van der Waals surface area (Å²) < 4.78 is 0. The first-order valence-corrected chi connectivity index (χ1v) is 9.00. The molecular formula is C18H33NO. The van der Waals surface area contributed by atoms with Gasteiger partial charge in [-0.15, -0.1) is 0 Å². The van der Waals surface area contributed by atoms with Gasteiger partial charge in [-0.05, 0) is 56.3 Å². The average molecular weight is 279 g/mol. The Labute approximate surface area is 124 Å². The van der Waals surface area contributed by atoms with Gasteiger partial charge in [0.1, 0.15) is 0 Å². The maximum absolute atomic E-state index is 11.2. The van der Waals surface area contributed by atoms with E-state index in [-0.39, 0.29) is 11.8 Å². The van der Waals surface area contributed by atoms with Gasteiger partial charge >= 0.3 is 0 Å². The van der Waals surface area contributed by atoms with E-state index in [0.29, 0.717) is 0 Å². The maximum atomic E-state index is 11.2. The van der Waals surface area contributed by atoms with Gasteiger partial charge in [0, 0.05) is 5.92 Å². The van der Waals surface area contributed by atoms with Crippen molar-refractivity contribution in [3.05, 3.63) is 0 Å². The van der Waals surface area contributed by atoms with Crippen LogP contribution in [-0.4, -0.2) is 5.91 Å². The normalized spacial score (nSPS) is 34.9. The Hall–Kier alpha value is -0.530. The zero-order valence-electron chi connectivity index (χ0n) is 13.3. The molecule has 2 rings (SSSR count). The highest BCUT2D eigenvalue weighted by Crippen LogP contribution is 2.42. The van der Waals surface area contributed by atoms with Crippen LogP contribution in [0.2, 0.25) is 0 Å². The van der Waals surface area contributed by atoms with Crippen molar-refractivity contribution < 1.29 is 4.79 Å². The summed E-state index contributed by atoms with van der Waals surface area (Å²) in [7, 11) is 0. The quantitative estimate of drug-likeness (QED) is 0.706. The molecule has 0 unspecified atom stereocenters. The number of carbonyl (C=O) groups is 1. The monoisotopic (exact) mass is 279 g/mol. The van der Waals surface area contributed by atoms with Gasteiger partial charge < -0.3 is 5.73 Å². The molecule has 2 saturated carbocycles. The van der Waals surface area contributed by atoms with Crippen molar-refractivity contribution in [2.24, 2.45) is 29.4 Å². The zero-order chi connectivity index (χ0) is 14.4. The van der Waals surface area contributed by atoms with Crippen LogP contribution < -0.4 is 5.73 Å². The smallest absolute Gasteiger partial charge is 0.220 e. The van der Waals surface area contributed by atoms with Crippen molar-refractivity contribution in [2.75, 3.05) is 0 Å². The SMILES string of the molecule is CCCCCC1CCC(C2CCC(C(N)=O)CC2)CC1. The van der Waals surface area contributed by atoms with Gasteiger partial charge in [0.25, 0.3) is 0 Å². The van der Waals surface area contributed by atoms with Gasteiger partial charge in [0.15, 0.2) is 0 Å². The van der Waals surface area contributed by atoms with Crippen LogP contribution in [0.3, 0.4) is 0 Å². The number of nitrogens with two attached hydrogens (primary N) is 1. The molecule has 0 aromatic rings. The number of amides is 1. The minimum atomic E-state index is -0.0666. The predicted molar refractivity (Wildman–Crippen MR) is 84.2 cm³/mol. The number of rotatable bonds is 6. The molecule has 0 bridgehead atoms. The van der Waals surface area contributed by atoms with Crippen LogP contribution in [0, 0.1) is 23.7 Å². The van der Waals surface area contributed by atoms with Crippen molar-refractivity contribution >= 4 is 5.91 Å². The fourth-order valence-electron chi connectivity index (χ4n) is 4.51. The second kappa shape index (κ2) is 8.05. The van der Waals surface area contributed by atoms with E-state index in [1.807, 2.05) is 0 Å². The van der Waals surface area contributed by atoms with E-state index in [1.54, 1.807) is 0 Å². The van der Waals surface area contributed by atoms with Crippen LogP contribution in [0.4, 0.5) is 0 Å². The minimum absolute atomic E-state index is 0.0666. The Bertz CT molecular complexity index is 286. The van der Waals surface area contributed by atoms with E-state index in [2.05, 4.69) is 6.92 Å².